The number of fused-ring (bicyclic) bond motifs is 1. The van der Waals surface area contributed by atoms with E-state index in [9.17, 15) is 0 Å². The Morgan fingerprint density at radius 1 is 1.18 bits per heavy atom. The molecule has 2 fully saturated rings. The lowest BCUT2D eigenvalue weighted by Gasteiger charge is -2.31. The lowest BCUT2D eigenvalue weighted by atomic mass is 9.96. The first-order valence-corrected chi connectivity index (χ1v) is 10.6. The van der Waals surface area contributed by atoms with Gasteiger partial charge >= 0.3 is 0 Å². The summed E-state index contributed by atoms with van der Waals surface area (Å²) in [6.07, 6.45) is 1.80. The summed E-state index contributed by atoms with van der Waals surface area (Å²) in [6.45, 7) is 5.87. The number of aromatic nitrogens is 1. The van der Waals surface area contributed by atoms with Crippen molar-refractivity contribution < 1.29 is 9.13 Å². The summed E-state index contributed by atoms with van der Waals surface area (Å²) in [5, 5.41) is 1.54. The Bertz CT molecular complexity index is 887. The van der Waals surface area contributed by atoms with Crippen LogP contribution in [-0.4, -0.2) is 53.1 Å². The molecule has 0 radical (unpaired) electrons. The van der Waals surface area contributed by atoms with E-state index in [1.54, 1.807) is 24.0 Å². The monoisotopic (exact) mass is 398 g/mol. The van der Waals surface area contributed by atoms with Crippen LogP contribution in [0.4, 0.5) is 10.1 Å². The van der Waals surface area contributed by atoms with Crippen LogP contribution in [0.2, 0.25) is 0 Å². The molecule has 5 nitrogen and oxygen atoms in total. The van der Waals surface area contributed by atoms with Gasteiger partial charge in [0.05, 0.1) is 30.6 Å². The second-order valence-corrected chi connectivity index (χ2v) is 8.85. The smallest absolute Gasteiger partial charge is 0.160 e. The summed E-state index contributed by atoms with van der Waals surface area (Å²) in [6, 6.07) is 11.4. The number of benzene rings is 1. The first-order chi connectivity index (χ1) is 13.7. The molecular weight excluding hydrogens is 375 g/mol. The van der Waals surface area contributed by atoms with Gasteiger partial charge in [0.1, 0.15) is 11.9 Å². The summed E-state index contributed by atoms with van der Waals surface area (Å²) in [4.78, 5) is 13.9. The zero-order chi connectivity index (χ0) is 19.1. The predicted octanol–water partition coefficient (Wildman–Crippen LogP) is 3.65. The number of halogens is 1. The molecule has 0 amide bonds. The lowest BCUT2D eigenvalue weighted by molar-refractivity contribution is 0.122. The van der Waals surface area contributed by atoms with E-state index in [-0.39, 0.29) is 17.9 Å². The number of thioether (sulfide) groups is 1. The van der Waals surface area contributed by atoms with Crippen LogP contribution >= 0.6 is 11.8 Å². The number of rotatable bonds is 3. The van der Waals surface area contributed by atoms with E-state index in [1.165, 1.54) is 0 Å². The van der Waals surface area contributed by atoms with E-state index >= 15 is 4.39 Å². The molecule has 3 atom stereocenters. The fraction of sp³-hybridized carbons (Fsp3) is 0.429. The minimum absolute atomic E-state index is 0.0180. The average molecular weight is 399 g/mol. The van der Waals surface area contributed by atoms with Crippen molar-refractivity contribution in [2.24, 2.45) is 4.99 Å². The Balaban J connectivity index is 1.50. The number of ether oxygens (including phenoxy) is 1. The summed E-state index contributed by atoms with van der Waals surface area (Å²) in [5.41, 5.74) is 2.55. The van der Waals surface area contributed by atoms with Gasteiger partial charge in [-0.1, -0.05) is 30.8 Å². The summed E-state index contributed by atoms with van der Waals surface area (Å²) >= 11 is 1.80. The molecule has 3 aliphatic rings. The molecule has 0 saturated carbocycles. The highest BCUT2D eigenvalue weighted by Gasteiger charge is 2.43. The molecule has 7 heteroatoms. The molecule has 5 rings (SSSR count). The van der Waals surface area contributed by atoms with Crippen LogP contribution in [0.1, 0.15) is 30.3 Å². The quantitative estimate of drug-likeness (QED) is 0.790. The molecule has 0 bridgehead atoms. The van der Waals surface area contributed by atoms with Crippen LogP contribution in [-0.2, 0) is 4.74 Å². The SMILES string of the molecule is C[C@@H]1CN2C(=N[C@@H](c3ccccn3)[C@@H]2c2ccc(N3CCOCC3)c(F)c2)S1. The Hall–Kier alpha value is -2.12. The number of morpholine rings is 1. The molecule has 146 valence electrons. The van der Waals surface area contributed by atoms with Crippen molar-refractivity contribution in [3.63, 3.8) is 0 Å². The minimum atomic E-state index is -0.174. The number of hydrogen-bond acceptors (Lipinski definition) is 6. The Kier molecular flexibility index (Phi) is 4.72. The Morgan fingerprint density at radius 2 is 2.04 bits per heavy atom. The molecular formula is C21H23FN4OS. The minimum Gasteiger partial charge on any atom is -0.378 e. The van der Waals surface area contributed by atoms with Gasteiger partial charge in [-0.25, -0.2) is 4.39 Å². The number of amidine groups is 1. The van der Waals surface area contributed by atoms with Gasteiger partial charge in [0.15, 0.2) is 5.17 Å². The summed E-state index contributed by atoms with van der Waals surface area (Å²) in [5.74, 6) is -0.174. The molecule has 0 N–H and O–H groups in total. The zero-order valence-electron chi connectivity index (χ0n) is 15.8. The maximum atomic E-state index is 15.1. The second kappa shape index (κ2) is 7.37. The number of anilines is 1. The van der Waals surface area contributed by atoms with E-state index in [1.807, 2.05) is 24.3 Å². The normalized spacial score (nSPS) is 27.1. The summed E-state index contributed by atoms with van der Waals surface area (Å²) in [7, 11) is 0. The summed E-state index contributed by atoms with van der Waals surface area (Å²) < 4.78 is 20.5. The van der Waals surface area contributed by atoms with E-state index < -0.39 is 0 Å². The van der Waals surface area contributed by atoms with Crippen LogP contribution in [0, 0.1) is 5.82 Å². The maximum absolute atomic E-state index is 15.1. The maximum Gasteiger partial charge on any atom is 0.160 e. The average Bonchev–Trinajstić information content (AvgIpc) is 3.25. The van der Waals surface area contributed by atoms with Crippen molar-refractivity contribution in [1.82, 2.24) is 9.88 Å². The van der Waals surface area contributed by atoms with Gasteiger partial charge in [-0.05, 0) is 29.8 Å². The molecule has 1 aromatic carbocycles. The van der Waals surface area contributed by atoms with Crippen molar-refractivity contribution in [1.29, 1.82) is 0 Å². The van der Waals surface area contributed by atoms with Crippen molar-refractivity contribution in [2.75, 3.05) is 37.7 Å². The molecule has 0 unspecified atom stereocenters. The van der Waals surface area contributed by atoms with Crippen molar-refractivity contribution in [3.05, 3.63) is 59.7 Å². The lowest BCUT2D eigenvalue weighted by Crippen LogP contribution is -2.36. The molecule has 0 spiro atoms. The van der Waals surface area contributed by atoms with Crippen LogP contribution in [0.5, 0.6) is 0 Å². The van der Waals surface area contributed by atoms with Gasteiger partial charge in [0, 0.05) is 31.1 Å². The second-order valence-electron chi connectivity index (χ2n) is 7.45. The molecule has 4 heterocycles. The fourth-order valence-electron chi connectivity index (χ4n) is 4.25. The molecule has 3 aliphatic heterocycles. The molecule has 0 aliphatic carbocycles. The number of aliphatic imine (C=N–C) groups is 1. The molecule has 1 aromatic heterocycles. The highest BCUT2D eigenvalue weighted by molar-refractivity contribution is 8.14. The Morgan fingerprint density at radius 3 is 2.79 bits per heavy atom. The van der Waals surface area contributed by atoms with Gasteiger partial charge < -0.3 is 14.5 Å². The third-order valence-electron chi connectivity index (χ3n) is 5.55. The highest BCUT2D eigenvalue weighted by atomic mass is 32.2. The van der Waals surface area contributed by atoms with E-state index in [0.29, 0.717) is 24.2 Å². The van der Waals surface area contributed by atoms with Crippen molar-refractivity contribution in [2.45, 2.75) is 24.3 Å². The van der Waals surface area contributed by atoms with Gasteiger partial charge in [-0.2, -0.15) is 0 Å². The van der Waals surface area contributed by atoms with E-state index in [4.69, 9.17) is 9.73 Å². The highest BCUT2D eigenvalue weighted by Crippen LogP contribution is 2.47. The van der Waals surface area contributed by atoms with Gasteiger partial charge in [0.25, 0.3) is 0 Å². The number of nitrogens with zero attached hydrogens (tertiary/aromatic N) is 4. The topological polar surface area (TPSA) is 41.0 Å². The predicted molar refractivity (Wildman–Crippen MR) is 110 cm³/mol. The fourth-order valence-corrected chi connectivity index (χ4v) is 5.34. The number of pyridine rings is 1. The first-order valence-electron chi connectivity index (χ1n) is 9.75. The van der Waals surface area contributed by atoms with Gasteiger partial charge in [-0.15, -0.1) is 0 Å². The first kappa shape index (κ1) is 17.9. The standard InChI is InChI=1S/C21H23FN4OS/c1-14-13-26-20(19(24-21(26)28-14)17-4-2-3-7-23-17)15-5-6-18(16(22)12-15)25-8-10-27-11-9-25/h2-7,12,14,19-20H,8-11,13H2,1H3/t14-,19+,20+/m1/s1. The van der Waals surface area contributed by atoms with Gasteiger partial charge in [-0.3, -0.25) is 9.98 Å². The molecule has 2 aromatic rings. The third kappa shape index (κ3) is 3.16. The largest absolute Gasteiger partial charge is 0.378 e. The van der Waals surface area contributed by atoms with Crippen molar-refractivity contribution >= 4 is 22.6 Å². The van der Waals surface area contributed by atoms with Crippen LogP contribution in [0.3, 0.4) is 0 Å². The Labute approximate surface area is 168 Å². The number of hydrogen-bond donors (Lipinski definition) is 0. The van der Waals surface area contributed by atoms with E-state index in [0.717, 1.165) is 36.1 Å². The third-order valence-corrected chi connectivity index (χ3v) is 6.65. The molecule has 28 heavy (non-hydrogen) atoms. The van der Waals surface area contributed by atoms with Gasteiger partial charge in [0.2, 0.25) is 0 Å². The van der Waals surface area contributed by atoms with Crippen molar-refractivity contribution in [3.8, 4) is 0 Å². The van der Waals surface area contributed by atoms with E-state index in [2.05, 4.69) is 27.8 Å². The van der Waals surface area contributed by atoms with Crippen LogP contribution in [0.15, 0.2) is 47.6 Å². The molecule has 2 saturated heterocycles. The van der Waals surface area contributed by atoms with Crippen LogP contribution in [0.25, 0.3) is 0 Å². The van der Waals surface area contributed by atoms with Crippen LogP contribution < -0.4 is 4.90 Å². The zero-order valence-corrected chi connectivity index (χ0v) is 16.6.